The second-order valence-corrected chi connectivity index (χ2v) is 4.75. The Morgan fingerprint density at radius 2 is 2.25 bits per heavy atom. The van der Waals surface area contributed by atoms with Gasteiger partial charge < -0.3 is 11.1 Å². The highest BCUT2D eigenvalue weighted by Gasteiger charge is 2.28. The van der Waals surface area contributed by atoms with E-state index in [4.69, 9.17) is 5.73 Å². The minimum Gasteiger partial charge on any atom is -0.370 e. The maximum atomic E-state index is 5.78. The lowest BCUT2D eigenvalue weighted by Gasteiger charge is -2.22. The highest BCUT2D eigenvalue weighted by Crippen LogP contribution is 2.26. The van der Waals surface area contributed by atoms with Gasteiger partial charge in [0.2, 0.25) is 0 Å². The zero-order chi connectivity index (χ0) is 12.0. The van der Waals surface area contributed by atoms with E-state index in [2.05, 4.69) is 36.1 Å². The molecule has 0 heterocycles. The lowest BCUT2D eigenvalue weighted by atomic mass is 10.3. The molecule has 1 aliphatic carbocycles. The smallest absolute Gasteiger partial charge is 0.188 e. The Bertz CT molecular complexity index is 223. The molecule has 4 nitrogen and oxygen atoms in total. The van der Waals surface area contributed by atoms with Crippen LogP contribution in [0.4, 0.5) is 0 Å². The number of hydrogen-bond donors (Lipinski definition) is 2. The molecule has 1 atom stereocenters. The van der Waals surface area contributed by atoms with E-state index in [1.165, 1.54) is 19.3 Å². The van der Waals surface area contributed by atoms with Gasteiger partial charge in [-0.2, -0.15) is 0 Å². The van der Waals surface area contributed by atoms with Gasteiger partial charge in [0.05, 0.1) is 6.54 Å². The summed E-state index contributed by atoms with van der Waals surface area (Å²) < 4.78 is 0. The van der Waals surface area contributed by atoms with E-state index in [0.717, 1.165) is 25.6 Å². The van der Waals surface area contributed by atoms with Crippen molar-refractivity contribution in [2.75, 3.05) is 20.1 Å². The first-order valence-corrected chi connectivity index (χ1v) is 6.40. The van der Waals surface area contributed by atoms with Crippen molar-refractivity contribution in [1.82, 2.24) is 10.2 Å². The molecule has 1 unspecified atom stereocenters. The van der Waals surface area contributed by atoms with Crippen LogP contribution in [0.1, 0.15) is 39.5 Å². The molecular weight excluding hydrogens is 200 g/mol. The van der Waals surface area contributed by atoms with E-state index in [9.17, 15) is 0 Å². The van der Waals surface area contributed by atoms with Crippen molar-refractivity contribution in [2.45, 2.75) is 51.6 Å². The summed E-state index contributed by atoms with van der Waals surface area (Å²) in [4.78, 5) is 6.77. The zero-order valence-corrected chi connectivity index (χ0v) is 10.9. The molecule has 94 valence electrons. The largest absolute Gasteiger partial charge is 0.370 e. The molecule has 0 aromatic heterocycles. The van der Waals surface area contributed by atoms with Gasteiger partial charge >= 0.3 is 0 Å². The molecule has 16 heavy (non-hydrogen) atoms. The molecule has 0 saturated heterocycles. The van der Waals surface area contributed by atoms with Gasteiger partial charge in [-0.25, -0.2) is 0 Å². The third kappa shape index (κ3) is 4.84. The number of guanidine groups is 1. The number of likely N-dealkylation sites (N-methyl/N-ethyl adjacent to an activating group) is 1. The SMILES string of the molecule is CCCCNC(N)=NCC(C)N(C)C1CC1. The van der Waals surface area contributed by atoms with E-state index in [0.29, 0.717) is 12.0 Å². The summed E-state index contributed by atoms with van der Waals surface area (Å²) in [5.41, 5.74) is 5.78. The Hall–Kier alpha value is -0.770. The Morgan fingerprint density at radius 1 is 1.56 bits per heavy atom. The molecule has 0 bridgehead atoms. The third-order valence-electron chi connectivity index (χ3n) is 3.18. The fraction of sp³-hybridized carbons (Fsp3) is 0.917. The van der Waals surface area contributed by atoms with Gasteiger partial charge in [-0.1, -0.05) is 13.3 Å². The van der Waals surface area contributed by atoms with Crippen LogP contribution in [-0.2, 0) is 0 Å². The standard InChI is InChI=1S/C12H26N4/c1-4-5-8-14-12(13)15-9-10(2)16(3)11-6-7-11/h10-11H,4-9H2,1-3H3,(H3,13,14,15). The number of unbranched alkanes of at least 4 members (excludes halogenated alkanes) is 1. The molecule has 4 heteroatoms. The number of hydrogen-bond acceptors (Lipinski definition) is 2. The van der Waals surface area contributed by atoms with Crippen molar-refractivity contribution in [2.24, 2.45) is 10.7 Å². The van der Waals surface area contributed by atoms with Gasteiger partial charge in [0.25, 0.3) is 0 Å². The predicted molar refractivity (Wildman–Crippen MR) is 69.6 cm³/mol. The zero-order valence-electron chi connectivity index (χ0n) is 10.9. The first-order chi connectivity index (χ1) is 7.65. The number of nitrogens with one attached hydrogen (secondary N) is 1. The molecule has 0 amide bonds. The normalized spacial score (nSPS) is 18.9. The second-order valence-electron chi connectivity index (χ2n) is 4.75. The first-order valence-electron chi connectivity index (χ1n) is 6.40. The van der Waals surface area contributed by atoms with E-state index in [1.807, 2.05) is 0 Å². The molecule has 1 aliphatic rings. The van der Waals surface area contributed by atoms with Gasteiger partial charge in [0.1, 0.15) is 0 Å². The van der Waals surface area contributed by atoms with E-state index < -0.39 is 0 Å². The second kappa shape index (κ2) is 6.74. The van der Waals surface area contributed by atoms with E-state index in [-0.39, 0.29) is 0 Å². The van der Waals surface area contributed by atoms with Crippen molar-refractivity contribution < 1.29 is 0 Å². The third-order valence-corrected chi connectivity index (χ3v) is 3.18. The van der Waals surface area contributed by atoms with Gasteiger partial charge in [0, 0.05) is 18.6 Å². The van der Waals surface area contributed by atoms with Crippen LogP contribution >= 0.6 is 0 Å². The van der Waals surface area contributed by atoms with Crippen molar-refractivity contribution in [3.8, 4) is 0 Å². The summed E-state index contributed by atoms with van der Waals surface area (Å²) in [6.45, 7) is 6.10. The summed E-state index contributed by atoms with van der Waals surface area (Å²) in [5.74, 6) is 0.587. The number of nitrogens with zero attached hydrogens (tertiary/aromatic N) is 2. The Labute approximate surface area is 99.3 Å². The molecule has 1 fully saturated rings. The molecule has 1 saturated carbocycles. The van der Waals surface area contributed by atoms with Gasteiger partial charge in [-0.15, -0.1) is 0 Å². The molecule has 1 rings (SSSR count). The highest BCUT2D eigenvalue weighted by molar-refractivity contribution is 5.77. The van der Waals surface area contributed by atoms with Crippen LogP contribution in [0.25, 0.3) is 0 Å². The minimum absolute atomic E-state index is 0.485. The first kappa shape index (κ1) is 13.3. The summed E-state index contributed by atoms with van der Waals surface area (Å²) in [6, 6.07) is 1.28. The predicted octanol–water partition coefficient (Wildman–Crippen LogP) is 1.17. The van der Waals surface area contributed by atoms with E-state index >= 15 is 0 Å². The topological polar surface area (TPSA) is 53.6 Å². The molecular formula is C12H26N4. The lowest BCUT2D eigenvalue weighted by molar-refractivity contribution is 0.253. The fourth-order valence-corrected chi connectivity index (χ4v) is 1.65. The fourth-order valence-electron chi connectivity index (χ4n) is 1.65. The van der Waals surface area contributed by atoms with Crippen molar-refractivity contribution >= 4 is 5.96 Å². The number of aliphatic imine (C=N–C) groups is 1. The van der Waals surface area contributed by atoms with Gasteiger partial charge in [-0.3, -0.25) is 9.89 Å². The lowest BCUT2D eigenvalue weighted by Crippen LogP contribution is -2.36. The summed E-state index contributed by atoms with van der Waals surface area (Å²) in [6.07, 6.45) is 5.01. The Balaban J connectivity index is 2.17. The molecule has 0 radical (unpaired) electrons. The monoisotopic (exact) mass is 226 g/mol. The summed E-state index contributed by atoms with van der Waals surface area (Å²) >= 11 is 0. The average molecular weight is 226 g/mol. The van der Waals surface area contributed by atoms with E-state index in [1.54, 1.807) is 0 Å². The van der Waals surface area contributed by atoms with Crippen molar-refractivity contribution in [3.05, 3.63) is 0 Å². The number of rotatable bonds is 7. The van der Waals surface area contributed by atoms with Gasteiger partial charge in [-0.05, 0) is 33.2 Å². The quantitative estimate of drug-likeness (QED) is 0.389. The van der Waals surface area contributed by atoms with Crippen LogP contribution < -0.4 is 11.1 Å². The van der Waals surface area contributed by atoms with Crippen molar-refractivity contribution in [3.63, 3.8) is 0 Å². The molecule has 0 aromatic rings. The van der Waals surface area contributed by atoms with Gasteiger partial charge in [0.15, 0.2) is 5.96 Å². The Morgan fingerprint density at radius 3 is 2.81 bits per heavy atom. The van der Waals surface area contributed by atoms with Crippen LogP contribution in [-0.4, -0.2) is 43.1 Å². The molecule has 0 aliphatic heterocycles. The maximum Gasteiger partial charge on any atom is 0.188 e. The average Bonchev–Trinajstić information content (AvgIpc) is 3.09. The van der Waals surface area contributed by atoms with Crippen LogP contribution in [0.5, 0.6) is 0 Å². The maximum absolute atomic E-state index is 5.78. The summed E-state index contributed by atoms with van der Waals surface area (Å²) in [7, 11) is 2.18. The summed E-state index contributed by atoms with van der Waals surface area (Å²) in [5, 5.41) is 3.13. The van der Waals surface area contributed by atoms with Crippen molar-refractivity contribution in [1.29, 1.82) is 0 Å². The number of nitrogens with two attached hydrogens (primary N) is 1. The minimum atomic E-state index is 0.485. The Kier molecular flexibility index (Phi) is 5.60. The molecule has 3 N–H and O–H groups in total. The van der Waals surface area contributed by atoms with Crippen LogP contribution in [0, 0.1) is 0 Å². The van der Waals surface area contributed by atoms with Crippen LogP contribution in [0.2, 0.25) is 0 Å². The molecule has 0 aromatic carbocycles. The van der Waals surface area contributed by atoms with Crippen LogP contribution in [0.3, 0.4) is 0 Å². The van der Waals surface area contributed by atoms with Crippen LogP contribution in [0.15, 0.2) is 4.99 Å². The molecule has 0 spiro atoms. The highest BCUT2D eigenvalue weighted by atomic mass is 15.2.